The minimum absolute atomic E-state index is 0.252. The molecule has 0 spiro atoms. The quantitative estimate of drug-likeness (QED) is 0.151. The standard InChI is InChI=1S/C22H17F17O4/c1-8(40)42-12-7-10(6-11(14(3,4)5)13(12)43-9(2)41)15(23,24)16(25,26)17(27,28)18(29,30)19(31,32)20(33,34)21(35,36)22(37,38)39/h6-7H,1-5H3. The van der Waals surface area contributed by atoms with Crippen LogP contribution in [0.25, 0.3) is 0 Å². The monoisotopic (exact) mass is 668 g/mol. The molecule has 0 aliphatic rings. The average molecular weight is 668 g/mol. The summed E-state index contributed by atoms with van der Waals surface area (Å²) in [5.74, 6) is -63.2. The summed E-state index contributed by atoms with van der Waals surface area (Å²) in [6, 6.07) is -0.750. The Morgan fingerprint density at radius 1 is 0.535 bits per heavy atom. The molecule has 43 heavy (non-hydrogen) atoms. The molecule has 0 aliphatic carbocycles. The van der Waals surface area contributed by atoms with Crippen LogP contribution in [-0.2, 0) is 20.9 Å². The summed E-state index contributed by atoms with van der Waals surface area (Å²) in [5.41, 5.74) is -5.20. The normalized spacial score (nSPS) is 14.9. The SMILES string of the molecule is CC(=O)Oc1cc(C(F)(F)C(F)(F)C(F)(F)C(F)(F)C(F)(F)C(F)(F)C(F)(F)C(F)(F)F)cc(C(C)(C)C)c1OC(C)=O. The molecular formula is C22H17F17O4. The number of rotatable bonds is 9. The zero-order chi connectivity index (χ0) is 34.8. The van der Waals surface area contributed by atoms with E-state index >= 15 is 0 Å². The van der Waals surface area contributed by atoms with Gasteiger partial charge in [-0.1, -0.05) is 20.8 Å². The highest BCUT2D eigenvalue weighted by Crippen LogP contribution is 2.65. The van der Waals surface area contributed by atoms with Gasteiger partial charge in [0.1, 0.15) is 0 Å². The van der Waals surface area contributed by atoms with Crippen molar-refractivity contribution >= 4 is 11.9 Å². The number of ether oxygens (including phenoxy) is 2. The number of hydrogen-bond donors (Lipinski definition) is 0. The first kappa shape index (κ1) is 38.0. The Labute approximate surface area is 229 Å². The lowest BCUT2D eigenvalue weighted by atomic mass is 9.82. The zero-order valence-electron chi connectivity index (χ0n) is 21.7. The summed E-state index contributed by atoms with van der Waals surface area (Å²) in [6.45, 7) is 4.32. The van der Waals surface area contributed by atoms with Crippen molar-refractivity contribution in [1.29, 1.82) is 0 Å². The Kier molecular flexibility index (Phi) is 9.32. The Balaban J connectivity index is 4.08. The fraction of sp³-hybridized carbons (Fsp3) is 0.636. The van der Waals surface area contributed by atoms with Gasteiger partial charge >= 0.3 is 59.6 Å². The third-order valence-corrected chi connectivity index (χ3v) is 5.45. The number of esters is 2. The maximum absolute atomic E-state index is 15.0. The van der Waals surface area contributed by atoms with Crippen molar-refractivity contribution in [2.75, 3.05) is 0 Å². The van der Waals surface area contributed by atoms with Crippen LogP contribution in [0.4, 0.5) is 74.6 Å². The van der Waals surface area contributed by atoms with Gasteiger partial charge in [-0.05, 0) is 17.5 Å². The highest BCUT2D eigenvalue weighted by atomic mass is 19.4. The van der Waals surface area contributed by atoms with Gasteiger partial charge in [0.2, 0.25) is 0 Å². The molecule has 0 heterocycles. The number of carbonyl (C=O) groups excluding carboxylic acids is 2. The summed E-state index contributed by atoms with van der Waals surface area (Å²) in [5, 5.41) is 0. The predicted molar refractivity (Wildman–Crippen MR) is 107 cm³/mol. The van der Waals surface area contributed by atoms with Crippen molar-refractivity contribution in [3.63, 3.8) is 0 Å². The Bertz CT molecular complexity index is 1240. The van der Waals surface area contributed by atoms with Gasteiger partial charge in [0, 0.05) is 25.0 Å². The molecule has 0 bridgehead atoms. The first-order valence-electron chi connectivity index (χ1n) is 10.8. The second-order valence-corrected chi connectivity index (χ2v) is 9.81. The van der Waals surface area contributed by atoms with E-state index in [1.54, 1.807) is 0 Å². The average Bonchev–Trinajstić information content (AvgIpc) is 2.76. The molecule has 1 aromatic rings. The van der Waals surface area contributed by atoms with Crippen molar-refractivity contribution in [1.82, 2.24) is 0 Å². The molecule has 0 N–H and O–H groups in total. The fourth-order valence-corrected chi connectivity index (χ4v) is 3.17. The third-order valence-electron chi connectivity index (χ3n) is 5.45. The summed E-state index contributed by atoms with van der Waals surface area (Å²) >= 11 is 0. The summed E-state index contributed by atoms with van der Waals surface area (Å²) in [4.78, 5) is 22.9. The van der Waals surface area contributed by atoms with Crippen LogP contribution in [0, 0.1) is 0 Å². The molecule has 0 aliphatic heterocycles. The first-order chi connectivity index (χ1) is 18.6. The van der Waals surface area contributed by atoms with Gasteiger partial charge in [0.15, 0.2) is 11.5 Å². The summed E-state index contributed by atoms with van der Waals surface area (Å²) in [7, 11) is 0. The Hall–Kier alpha value is -3.03. The van der Waals surface area contributed by atoms with Crippen molar-refractivity contribution in [2.24, 2.45) is 0 Å². The third kappa shape index (κ3) is 5.78. The van der Waals surface area contributed by atoms with Crippen molar-refractivity contribution in [3.8, 4) is 11.5 Å². The van der Waals surface area contributed by atoms with Gasteiger partial charge in [-0.2, -0.15) is 74.6 Å². The minimum Gasteiger partial charge on any atom is -0.423 e. The number of hydrogen-bond acceptors (Lipinski definition) is 4. The van der Waals surface area contributed by atoms with E-state index in [0.29, 0.717) is 13.8 Å². The second kappa shape index (κ2) is 10.6. The molecule has 1 aromatic carbocycles. The van der Waals surface area contributed by atoms with Gasteiger partial charge < -0.3 is 9.47 Å². The topological polar surface area (TPSA) is 52.6 Å². The van der Waals surface area contributed by atoms with Crippen LogP contribution in [0.15, 0.2) is 12.1 Å². The van der Waals surface area contributed by atoms with Crippen LogP contribution < -0.4 is 9.47 Å². The van der Waals surface area contributed by atoms with E-state index in [4.69, 9.17) is 0 Å². The minimum atomic E-state index is -8.78. The van der Waals surface area contributed by atoms with E-state index in [-0.39, 0.29) is 6.07 Å². The highest BCUT2D eigenvalue weighted by molar-refractivity contribution is 5.75. The maximum Gasteiger partial charge on any atom is 0.460 e. The van der Waals surface area contributed by atoms with E-state index in [1.165, 1.54) is 0 Å². The van der Waals surface area contributed by atoms with Gasteiger partial charge in [-0.15, -0.1) is 0 Å². The fourth-order valence-electron chi connectivity index (χ4n) is 3.17. The molecule has 0 saturated carbocycles. The van der Waals surface area contributed by atoms with Gasteiger partial charge in [0.25, 0.3) is 0 Å². The van der Waals surface area contributed by atoms with Crippen molar-refractivity contribution in [2.45, 2.75) is 87.7 Å². The molecule has 0 amide bonds. The molecular weight excluding hydrogens is 651 g/mol. The lowest BCUT2D eigenvalue weighted by molar-refractivity contribution is -0.462. The molecule has 21 heteroatoms. The van der Waals surface area contributed by atoms with E-state index in [1.807, 2.05) is 0 Å². The second-order valence-electron chi connectivity index (χ2n) is 9.81. The first-order valence-corrected chi connectivity index (χ1v) is 10.8. The van der Waals surface area contributed by atoms with E-state index in [0.717, 1.165) is 20.8 Å². The molecule has 0 fully saturated rings. The highest BCUT2D eigenvalue weighted by Gasteiger charge is 2.95. The maximum atomic E-state index is 15.0. The Morgan fingerprint density at radius 2 is 0.884 bits per heavy atom. The number of halogens is 17. The summed E-state index contributed by atoms with van der Waals surface area (Å²) in [6.07, 6.45) is -7.86. The van der Waals surface area contributed by atoms with Crippen LogP contribution in [0.3, 0.4) is 0 Å². The molecule has 1 rings (SSSR count). The van der Waals surface area contributed by atoms with Crippen LogP contribution in [-0.4, -0.2) is 53.7 Å². The van der Waals surface area contributed by atoms with E-state index in [2.05, 4.69) is 9.47 Å². The molecule has 0 radical (unpaired) electrons. The Morgan fingerprint density at radius 3 is 1.21 bits per heavy atom. The largest absolute Gasteiger partial charge is 0.460 e. The lowest BCUT2D eigenvalue weighted by Crippen LogP contribution is -2.74. The molecule has 0 aromatic heterocycles. The zero-order valence-corrected chi connectivity index (χ0v) is 21.7. The smallest absolute Gasteiger partial charge is 0.423 e. The van der Waals surface area contributed by atoms with Gasteiger partial charge in [0.05, 0.1) is 0 Å². The van der Waals surface area contributed by atoms with Crippen molar-refractivity contribution < 1.29 is 93.7 Å². The predicted octanol–water partition coefficient (Wildman–Crippen LogP) is 8.30. The number of benzene rings is 1. The van der Waals surface area contributed by atoms with Crippen LogP contribution in [0.1, 0.15) is 45.7 Å². The molecule has 0 atom stereocenters. The van der Waals surface area contributed by atoms with Crippen LogP contribution >= 0.6 is 0 Å². The molecule has 248 valence electrons. The molecule has 4 nitrogen and oxygen atoms in total. The number of carbonyl (C=O) groups is 2. The van der Waals surface area contributed by atoms with Gasteiger partial charge in [-0.3, -0.25) is 9.59 Å². The van der Waals surface area contributed by atoms with Gasteiger partial charge in [-0.25, -0.2) is 0 Å². The van der Waals surface area contributed by atoms with E-state index in [9.17, 15) is 84.2 Å². The molecule has 0 saturated heterocycles. The molecule has 0 unspecified atom stereocenters. The lowest BCUT2D eigenvalue weighted by Gasteiger charge is -2.43. The van der Waals surface area contributed by atoms with Crippen LogP contribution in [0.5, 0.6) is 11.5 Å². The van der Waals surface area contributed by atoms with Crippen molar-refractivity contribution in [3.05, 3.63) is 23.3 Å². The van der Waals surface area contributed by atoms with Crippen LogP contribution in [0.2, 0.25) is 0 Å². The van der Waals surface area contributed by atoms with E-state index < -0.39 is 93.7 Å². The number of alkyl halides is 17. The summed E-state index contributed by atoms with van der Waals surface area (Å²) < 4.78 is 242.